The van der Waals surface area contributed by atoms with Gasteiger partial charge in [-0.25, -0.2) is 0 Å². The number of carbonyl (C=O) groups is 1. The number of hydrogen-bond acceptors (Lipinski definition) is 5. The average Bonchev–Trinajstić information content (AvgIpc) is 3.56. The number of halogens is 1. The molecule has 1 aliphatic heterocycles. The predicted molar refractivity (Wildman–Crippen MR) is 127 cm³/mol. The lowest BCUT2D eigenvalue weighted by Gasteiger charge is -2.28. The Morgan fingerprint density at radius 3 is 2.66 bits per heavy atom. The lowest BCUT2D eigenvalue weighted by atomic mass is 10.0. The fraction of sp³-hybridized carbons (Fsp3) is 0.360. The van der Waals surface area contributed by atoms with Gasteiger partial charge in [0.2, 0.25) is 5.88 Å². The maximum absolute atomic E-state index is 13.5. The van der Waals surface area contributed by atoms with Gasteiger partial charge in [-0.3, -0.25) is 4.79 Å². The minimum atomic E-state index is 0.0399. The van der Waals surface area contributed by atoms with E-state index in [0.29, 0.717) is 25.3 Å². The molecule has 0 atom stereocenters. The second-order valence-corrected chi connectivity index (χ2v) is 9.37. The highest BCUT2D eigenvalue weighted by Crippen LogP contribution is 2.37. The molecule has 7 heteroatoms. The van der Waals surface area contributed by atoms with Crippen molar-refractivity contribution in [2.75, 3.05) is 31.2 Å². The normalized spacial score (nSPS) is 16.2. The molecule has 1 saturated carbocycles. The summed E-state index contributed by atoms with van der Waals surface area (Å²) in [5.74, 6) is 0.788. The van der Waals surface area contributed by atoms with Crippen molar-refractivity contribution in [3.05, 3.63) is 69.7 Å². The Balaban J connectivity index is 1.53. The maximum Gasteiger partial charge on any atom is 0.254 e. The molecule has 2 aromatic carbocycles. The first-order valence-corrected chi connectivity index (χ1v) is 11.8. The molecule has 0 bridgehead atoms. The molecular weight excluding hydrogens is 470 g/mol. The summed E-state index contributed by atoms with van der Waals surface area (Å²) in [6, 6.07) is 16.1. The molecule has 32 heavy (non-hydrogen) atoms. The summed E-state index contributed by atoms with van der Waals surface area (Å²) in [5.41, 5.74) is 4.63. The van der Waals surface area contributed by atoms with Crippen molar-refractivity contribution in [2.24, 2.45) is 0 Å². The quantitative estimate of drug-likeness (QED) is 0.478. The largest absolute Gasteiger partial charge is 0.378 e. The molecule has 0 spiro atoms. The molecule has 1 aromatic heterocycles. The predicted octanol–water partition coefficient (Wildman–Crippen LogP) is 5.05. The molecule has 166 valence electrons. The summed E-state index contributed by atoms with van der Waals surface area (Å²) < 4.78 is 12.3. The number of carbonyl (C=O) groups excluding carboxylic acids is 1. The van der Waals surface area contributed by atoms with Crippen molar-refractivity contribution >= 4 is 27.7 Å². The average molecular weight is 496 g/mol. The second-order valence-electron chi connectivity index (χ2n) is 8.46. The molecule has 3 aromatic rings. The third-order valence-corrected chi connectivity index (χ3v) is 6.50. The zero-order chi connectivity index (χ0) is 22.1. The molecule has 0 radical (unpaired) electrons. The van der Waals surface area contributed by atoms with Crippen LogP contribution in [0.15, 0.2) is 57.5 Å². The summed E-state index contributed by atoms with van der Waals surface area (Å²) in [6.07, 6.45) is 2.05. The van der Waals surface area contributed by atoms with Crippen molar-refractivity contribution in [3.8, 4) is 11.3 Å². The number of aryl methyl sites for hydroxylation is 1. The topological polar surface area (TPSA) is 58.8 Å². The van der Waals surface area contributed by atoms with E-state index in [1.54, 1.807) is 0 Å². The molecule has 6 nitrogen and oxygen atoms in total. The van der Waals surface area contributed by atoms with Crippen LogP contribution in [0.4, 0.5) is 5.88 Å². The fourth-order valence-electron chi connectivity index (χ4n) is 4.19. The Bertz CT molecular complexity index is 1120. The third kappa shape index (κ3) is 4.45. The van der Waals surface area contributed by atoms with Gasteiger partial charge in [-0.05, 0) is 44.0 Å². The van der Waals surface area contributed by atoms with Gasteiger partial charge in [0.15, 0.2) is 0 Å². The van der Waals surface area contributed by atoms with E-state index in [1.165, 1.54) is 0 Å². The zero-order valence-corrected chi connectivity index (χ0v) is 19.7. The van der Waals surface area contributed by atoms with Crippen LogP contribution in [0, 0.1) is 6.92 Å². The van der Waals surface area contributed by atoms with Gasteiger partial charge in [0.05, 0.1) is 25.3 Å². The lowest BCUT2D eigenvalue weighted by molar-refractivity contribution is 0.0729. The van der Waals surface area contributed by atoms with E-state index >= 15 is 0 Å². The molecule has 2 fully saturated rings. The van der Waals surface area contributed by atoms with Gasteiger partial charge >= 0.3 is 0 Å². The number of benzene rings is 2. The van der Waals surface area contributed by atoms with Crippen LogP contribution in [0.25, 0.3) is 11.3 Å². The summed E-state index contributed by atoms with van der Waals surface area (Å²) in [7, 11) is 0. The maximum atomic E-state index is 13.5. The minimum Gasteiger partial charge on any atom is -0.378 e. The molecular formula is C25H26BrN3O3. The van der Waals surface area contributed by atoms with Crippen LogP contribution in [0.2, 0.25) is 0 Å². The molecule has 1 aliphatic carbocycles. The third-order valence-electron chi connectivity index (χ3n) is 6.01. The van der Waals surface area contributed by atoms with Crippen molar-refractivity contribution < 1.29 is 14.1 Å². The Morgan fingerprint density at radius 2 is 1.94 bits per heavy atom. The van der Waals surface area contributed by atoms with Crippen molar-refractivity contribution in [3.63, 3.8) is 0 Å². The standard InChI is InChI=1S/C25H26BrN3O3/c1-17-4-2-5-18(14-17)23-22(25(32-27-23)28-10-12-31-13-11-28)16-29(21-8-9-21)24(30)19-6-3-7-20(26)15-19/h2-7,14-15,21H,8-13,16H2,1H3. The number of nitrogens with zero attached hydrogens (tertiary/aromatic N) is 3. The van der Waals surface area contributed by atoms with E-state index in [0.717, 1.165) is 58.7 Å². The summed E-state index contributed by atoms with van der Waals surface area (Å²) in [4.78, 5) is 17.7. The van der Waals surface area contributed by atoms with Crippen LogP contribution in [-0.2, 0) is 11.3 Å². The first kappa shape index (κ1) is 21.2. The van der Waals surface area contributed by atoms with E-state index in [1.807, 2.05) is 35.2 Å². The van der Waals surface area contributed by atoms with Crippen LogP contribution < -0.4 is 4.90 Å². The van der Waals surface area contributed by atoms with E-state index in [9.17, 15) is 4.79 Å². The van der Waals surface area contributed by atoms with Gasteiger partial charge in [-0.2, -0.15) is 0 Å². The van der Waals surface area contributed by atoms with Gasteiger partial charge in [-0.1, -0.05) is 50.9 Å². The van der Waals surface area contributed by atoms with Gasteiger partial charge in [0, 0.05) is 34.7 Å². The highest BCUT2D eigenvalue weighted by atomic mass is 79.9. The number of amides is 1. The van der Waals surface area contributed by atoms with Crippen molar-refractivity contribution in [2.45, 2.75) is 32.4 Å². The number of aromatic nitrogens is 1. The molecule has 0 N–H and O–H groups in total. The molecule has 2 aliphatic rings. The number of rotatable bonds is 6. The van der Waals surface area contributed by atoms with Crippen LogP contribution in [0.3, 0.4) is 0 Å². The van der Waals surface area contributed by atoms with Crippen LogP contribution >= 0.6 is 15.9 Å². The zero-order valence-electron chi connectivity index (χ0n) is 18.1. The minimum absolute atomic E-state index is 0.0399. The summed E-state index contributed by atoms with van der Waals surface area (Å²) in [6.45, 7) is 5.35. The van der Waals surface area contributed by atoms with Crippen LogP contribution in [0.1, 0.15) is 34.3 Å². The van der Waals surface area contributed by atoms with Crippen molar-refractivity contribution in [1.82, 2.24) is 10.1 Å². The Kier molecular flexibility index (Phi) is 6.02. The van der Waals surface area contributed by atoms with Crippen LogP contribution in [0.5, 0.6) is 0 Å². The van der Waals surface area contributed by atoms with Gasteiger partial charge < -0.3 is 19.1 Å². The highest BCUT2D eigenvalue weighted by molar-refractivity contribution is 9.10. The molecule has 0 unspecified atom stereocenters. The smallest absolute Gasteiger partial charge is 0.254 e. The summed E-state index contributed by atoms with van der Waals surface area (Å²) >= 11 is 3.49. The SMILES string of the molecule is Cc1cccc(-c2noc(N3CCOCC3)c2CN(C(=O)c2cccc(Br)c2)C2CC2)c1. The number of hydrogen-bond donors (Lipinski definition) is 0. The molecule has 5 rings (SSSR count). The Hall–Kier alpha value is -2.64. The monoisotopic (exact) mass is 495 g/mol. The second kappa shape index (κ2) is 9.08. The number of ether oxygens (including phenoxy) is 1. The van der Waals surface area contributed by atoms with Gasteiger partial charge in [-0.15, -0.1) is 0 Å². The lowest BCUT2D eigenvalue weighted by Crippen LogP contribution is -2.37. The first-order chi connectivity index (χ1) is 15.6. The first-order valence-electron chi connectivity index (χ1n) is 11.0. The number of anilines is 1. The van der Waals surface area contributed by atoms with E-state index in [2.05, 4.69) is 51.1 Å². The molecule has 2 heterocycles. The summed E-state index contributed by atoms with van der Waals surface area (Å²) in [5, 5.41) is 4.48. The van der Waals surface area contributed by atoms with Gasteiger partial charge in [0.1, 0.15) is 5.69 Å². The molecule has 1 saturated heterocycles. The highest BCUT2D eigenvalue weighted by Gasteiger charge is 2.36. The fourth-order valence-corrected chi connectivity index (χ4v) is 4.59. The van der Waals surface area contributed by atoms with E-state index in [-0.39, 0.29) is 11.9 Å². The van der Waals surface area contributed by atoms with E-state index < -0.39 is 0 Å². The number of morpholine rings is 1. The Labute approximate surface area is 196 Å². The molecule has 1 amide bonds. The van der Waals surface area contributed by atoms with E-state index in [4.69, 9.17) is 9.26 Å². The van der Waals surface area contributed by atoms with Gasteiger partial charge in [0.25, 0.3) is 5.91 Å². The van der Waals surface area contributed by atoms with Crippen LogP contribution in [-0.4, -0.2) is 48.3 Å². The van der Waals surface area contributed by atoms with Crippen molar-refractivity contribution in [1.29, 1.82) is 0 Å². The Morgan fingerprint density at radius 1 is 1.16 bits per heavy atom.